The van der Waals surface area contributed by atoms with Crippen molar-refractivity contribution >= 4 is 0 Å². The Bertz CT molecular complexity index is 176. The van der Waals surface area contributed by atoms with E-state index in [0.29, 0.717) is 18.3 Å². The number of nitrogens with zero attached hydrogens (tertiary/aromatic N) is 1. The lowest BCUT2D eigenvalue weighted by atomic mass is 9.91. The SMILES string of the molecule is CC/C=C/[C@H](CC)C[C@H](C)CC#N. The molecular formula is C12H21N. The van der Waals surface area contributed by atoms with Crippen molar-refractivity contribution in [2.75, 3.05) is 0 Å². The van der Waals surface area contributed by atoms with E-state index in [-0.39, 0.29) is 0 Å². The van der Waals surface area contributed by atoms with Crippen LogP contribution in [0.15, 0.2) is 12.2 Å². The molecule has 1 heteroatoms. The average Bonchev–Trinajstić information content (AvgIpc) is 2.12. The number of hydrogen-bond donors (Lipinski definition) is 0. The van der Waals surface area contributed by atoms with Crippen LogP contribution in [0.4, 0.5) is 0 Å². The van der Waals surface area contributed by atoms with Crippen molar-refractivity contribution in [3.05, 3.63) is 12.2 Å². The highest BCUT2D eigenvalue weighted by molar-refractivity contribution is 4.88. The Balaban J connectivity index is 3.84. The van der Waals surface area contributed by atoms with Crippen LogP contribution in [0.25, 0.3) is 0 Å². The molecule has 0 rings (SSSR count). The van der Waals surface area contributed by atoms with Gasteiger partial charge in [-0.2, -0.15) is 5.26 Å². The van der Waals surface area contributed by atoms with Crippen LogP contribution in [-0.4, -0.2) is 0 Å². The number of hydrogen-bond acceptors (Lipinski definition) is 1. The van der Waals surface area contributed by atoms with Gasteiger partial charge in [0.25, 0.3) is 0 Å². The van der Waals surface area contributed by atoms with E-state index >= 15 is 0 Å². The third-order valence-corrected chi connectivity index (χ3v) is 2.31. The van der Waals surface area contributed by atoms with Gasteiger partial charge in [0.1, 0.15) is 0 Å². The van der Waals surface area contributed by atoms with Gasteiger partial charge >= 0.3 is 0 Å². The summed E-state index contributed by atoms with van der Waals surface area (Å²) in [4.78, 5) is 0. The van der Waals surface area contributed by atoms with E-state index < -0.39 is 0 Å². The zero-order valence-electron chi connectivity index (χ0n) is 9.09. The van der Waals surface area contributed by atoms with Gasteiger partial charge in [0.15, 0.2) is 0 Å². The van der Waals surface area contributed by atoms with Crippen molar-refractivity contribution < 1.29 is 0 Å². The Morgan fingerprint density at radius 2 is 2.08 bits per heavy atom. The monoisotopic (exact) mass is 179 g/mol. The van der Waals surface area contributed by atoms with Crippen LogP contribution in [0.5, 0.6) is 0 Å². The zero-order valence-corrected chi connectivity index (χ0v) is 9.09. The molecule has 0 aromatic heterocycles. The lowest BCUT2D eigenvalue weighted by molar-refractivity contribution is 0.442. The molecule has 0 bridgehead atoms. The van der Waals surface area contributed by atoms with Gasteiger partial charge in [-0.05, 0) is 31.1 Å². The standard InChI is InChI=1S/C12H21N/c1-4-6-7-12(5-2)10-11(3)8-9-13/h6-7,11-12H,4-5,8,10H2,1-3H3/b7-6+/t11-,12+/m1/s1. The van der Waals surface area contributed by atoms with Crippen LogP contribution in [0.3, 0.4) is 0 Å². The number of allylic oxidation sites excluding steroid dienone is 2. The molecule has 0 amide bonds. The third-order valence-electron chi connectivity index (χ3n) is 2.31. The van der Waals surface area contributed by atoms with Gasteiger partial charge in [-0.3, -0.25) is 0 Å². The first-order valence-electron chi connectivity index (χ1n) is 5.28. The van der Waals surface area contributed by atoms with Gasteiger partial charge in [0.2, 0.25) is 0 Å². The molecule has 0 unspecified atom stereocenters. The predicted octanol–water partition coefficient (Wildman–Crippen LogP) is 3.92. The molecule has 0 aromatic rings. The fourth-order valence-corrected chi connectivity index (χ4v) is 1.47. The maximum atomic E-state index is 8.53. The molecule has 74 valence electrons. The van der Waals surface area contributed by atoms with Crippen molar-refractivity contribution in [2.45, 2.75) is 46.5 Å². The largest absolute Gasteiger partial charge is 0.198 e. The molecule has 1 nitrogen and oxygen atoms in total. The fraction of sp³-hybridized carbons (Fsp3) is 0.750. The smallest absolute Gasteiger partial charge is 0.0624 e. The average molecular weight is 179 g/mol. The van der Waals surface area contributed by atoms with E-state index in [4.69, 9.17) is 5.26 Å². The van der Waals surface area contributed by atoms with E-state index in [1.807, 2.05) is 0 Å². The highest BCUT2D eigenvalue weighted by Crippen LogP contribution is 2.19. The van der Waals surface area contributed by atoms with Gasteiger partial charge in [-0.1, -0.05) is 32.9 Å². The van der Waals surface area contributed by atoms with Crippen LogP contribution < -0.4 is 0 Å². The van der Waals surface area contributed by atoms with Crippen LogP contribution >= 0.6 is 0 Å². The molecule has 0 fully saturated rings. The fourth-order valence-electron chi connectivity index (χ4n) is 1.47. The summed E-state index contributed by atoms with van der Waals surface area (Å²) in [6, 6.07) is 2.23. The molecule has 0 radical (unpaired) electrons. The second-order valence-electron chi connectivity index (χ2n) is 3.71. The van der Waals surface area contributed by atoms with Crippen molar-refractivity contribution in [1.82, 2.24) is 0 Å². The molecule has 0 N–H and O–H groups in total. The summed E-state index contributed by atoms with van der Waals surface area (Å²) >= 11 is 0. The van der Waals surface area contributed by atoms with E-state index in [2.05, 4.69) is 39.0 Å². The molecule has 0 heterocycles. The lowest BCUT2D eigenvalue weighted by Crippen LogP contribution is -2.02. The minimum atomic E-state index is 0.538. The molecule has 0 saturated carbocycles. The second-order valence-corrected chi connectivity index (χ2v) is 3.71. The van der Waals surface area contributed by atoms with Crippen LogP contribution in [0.1, 0.15) is 46.5 Å². The van der Waals surface area contributed by atoms with E-state index in [1.165, 1.54) is 6.42 Å². The van der Waals surface area contributed by atoms with E-state index in [9.17, 15) is 0 Å². The highest BCUT2D eigenvalue weighted by atomic mass is 14.2. The Labute approximate surface area is 82.5 Å². The molecule has 0 aliphatic carbocycles. The van der Waals surface area contributed by atoms with Crippen molar-refractivity contribution in [1.29, 1.82) is 5.26 Å². The molecular weight excluding hydrogens is 158 g/mol. The van der Waals surface area contributed by atoms with Crippen LogP contribution in [0, 0.1) is 23.2 Å². The maximum absolute atomic E-state index is 8.53. The molecule has 0 spiro atoms. The molecule has 2 atom stereocenters. The van der Waals surface area contributed by atoms with Crippen molar-refractivity contribution in [2.24, 2.45) is 11.8 Å². The number of nitriles is 1. The summed E-state index contributed by atoms with van der Waals surface area (Å²) < 4.78 is 0. The normalized spacial score (nSPS) is 15.5. The first-order valence-corrected chi connectivity index (χ1v) is 5.28. The first-order chi connectivity index (χ1) is 6.24. The van der Waals surface area contributed by atoms with Crippen molar-refractivity contribution in [3.8, 4) is 6.07 Å². The molecule has 0 aromatic carbocycles. The van der Waals surface area contributed by atoms with Gasteiger partial charge in [0, 0.05) is 6.42 Å². The predicted molar refractivity (Wildman–Crippen MR) is 57.2 cm³/mol. The Hall–Kier alpha value is -0.770. The summed E-state index contributed by atoms with van der Waals surface area (Å²) in [7, 11) is 0. The lowest BCUT2D eigenvalue weighted by Gasteiger charge is -2.13. The van der Waals surface area contributed by atoms with E-state index in [0.717, 1.165) is 12.8 Å². The van der Waals surface area contributed by atoms with Crippen molar-refractivity contribution in [3.63, 3.8) is 0 Å². The summed E-state index contributed by atoms with van der Waals surface area (Å²) in [5.74, 6) is 1.21. The first kappa shape index (κ1) is 12.2. The second kappa shape index (κ2) is 7.86. The molecule has 0 aliphatic heterocycles. The summed E-state index contributed by atoms with van der Waals surface area (Å²) in [5, 5.41) is 8.53. The number of rotatable bonds is 6. The minimum absolute atomic E-state index is 0.538. The summed E-state index contributed by atoms with van der Waals surface area (Å²) in [5.41, 5.74) is 0. The maximum Gasteiger partial charge on any atom is 0.0624 e. The molecule has 13 heavy (non-hydrogen) atoms. The molecule has 0 aliphatic rings. The molecule has 0 saturated heterocycles. The summed E-state index contributed by atoms with van der Waals surface area (Å²) in [6.07, 6.45) is 8.67. The van der Waals surface area contributed by atoms with Gasteiger partial charge in [0.05, 0.1) is 6.07 Å². The highest BCUT2D eigenvalue weighted by Gasteiger charge is 2.07. The third kappa shape index (κ3) is 6.40. The Kier molecular flexibility index (Phi) is 7.39. The summed E-state index contributed by atoms with van der Waals surface area (Å²) in [6.45, 7) is 6.53. The van der Waals surface area contributed by atoms with Gasteiger partial charge in [-0.15, -0.1) is 0 Å². The topological polar surface area (TPSA) is 23.8 Å². The minimum Gasteiger partial charge on any atom is -0.198 e. The quantitative estimate of drug-likeness (QED) is 0.567. The zero-order chi connectivity index (χ0) is 10.1. The van der Waals surface area contributed by atoms with Crippen LogP contribution in [0.2, 0.25) is 0 Å². The Morgan fingerprint density at radius 3 is 2.54 bits per heavy atom. The van der Waals surface area contributed by atoms with Gasteiger partial charge < -0.3 is 0 Å². The van der Waals surface area contributed by atoms with E-state index in [1.54, 1.807) is 0 Å². The van der Waals surface area contributed by atoms with Crippen LogP contribution in [-0.2, 0) is 0 Å². The van der Waals surface area contributed by atoms with Gasteiger partial charge in [-0.25, -0.2) is 0 Å². The Morgan fingerprint density at radius 1 is 1.38 bits per heavy atom.